The zero-order chi connectivity index (χ0) is 15.4. The van der Waals surface area contributed by atoms with Crippen LogP contribution in [0.2, 0.25) is 5.02 Å². The number of halogens is 1. The maximum absolute atomic E-state index is 11.9. The summed E-state index contributed by atoms with van der Waals surface area (Å²) in [4.78, 5) is 11.9. The molecule has 0 unspecified atom stereocenters. The summed E-state index contributed by atoms with van der Waals surface area (Å²) in [5.74, 6) is 0.281. The van der Waals surface area contributed by atoms with Crippen LogP contribution < -0.4 is 5.32 Å². The number of nitrogens with one attached hydrogen (secondary N) is 1. The van der Waals surface area contributed by atoms with Crippen molar-refractivity contribution in [3.63, 3.8) is 0 Å². The monoisotopic (exact) mass is 318 g/mol. The fourth-order valence-electron chi connectivity index (χ4n) is 2.15. The molecular formula is C16H15ClN2OS. The zero-order valence-electron chi connectivity index (χ0n) is 11.6. The minimum atomic E-state index is -0.287. The molecule has 1 amide bonds. The van der Waals surface area contributed by atoms with Crippen LogP contribution in [0.15, 0.2) is 47.0 Å². The van der Waals surface area contributed by atoms with Crippen LogP contribution >= 0.6 is 23.4 Å². The van der Waals surface area contributed by atoms with E-state index in [1.807, 2.05) is 25.1 Å². The normalized spacial score (nSPS) is 18.1. The predicted molar refractivity (Wildman–Crippen MR) is 86.9 cm³/mol. The summed E-state index contributed by atoms with van der Waals surface area (Å²) in [6.45, 7) is 5.75. The van der Waals surface area contributed by atoms with Crippen molar-refractivity contribution in [3.05, 3.63) is 57.6 Å². The quantitative estimate of drug-likeness (QED) is 0.854. The first kappa shape index (κ1) is 15.7. The summed E-state index contributed by atoms with van der Waals surface area (Å²) in [5.41, 5.74) is 2.37. The third-order valence-electron chi connectivity index (χ3n) is 3.10. The highest BCUT2D eigenvalue weighted by atomic mass is 35.5. The maximum Gasteiger partial charge on any atom is 0.225 e. The van der Waals surface area contributed by atoms with Crippen molar-refractivity contribution in [1.29, 1.82) is 5.26 Å². The van der Waals surface area contributed by atoms with E-state index in [0.29, 0.717) is 21.4 Å². The lowest BCUT2D eigenvalue weighted by Gasteiger charge is -2.25. The van der Waals surface area contributed by atoms with Crippen molar-refractivity contribution in [2.24, 2.45) is 0 Å². The van der Waals surface area contributed by atoms with Crippen LogP contribution in [-0.2, 0) is 4.79 Å². The second kappa shape index (κ2) is 6.84. The van der Waals surface area contributed by atoms with Crippen molar-refractivity contribution in [1.82, 2.24) is 5.32 Å². The van der Waals surface area contributed by atoms with Crippen molar-refractivity contribution in [3.8, 4) is 6.07 Å². The lowest BCUT2D eigenvalue weighted by atomic mass is 9.87. The van der Waals surface area contributed by atoms with Crippen LogP contribution in [0, 0.1) is 11.3 Å². The number of amides is 1. The van der Waals surface area contributed by atoms with Crippen molar-refractivity contribution >= 4 is 29.3 Å². The van der Waals surface area contributed by atoms with Crippen LogP contribution in [0.3, 0.4) is 0 Å². The topological polar surface area (TPSA) is 52.9 Å². The highest BCUT2D eigenvalue weighted by molar-refractivity contribution is 8.03. The highest BCUT2D eigenvalue weighted by Crippen LogP contribution is 2.38. The Hall–Kier alpha value is -1.70. The number of thioether (sulfide) groups is 1. The Morgan fingerprint density at radius 2 is 2.29 bits per heavy atom. The molecule has 0 bridgehead atoms. The molecule has 0 fully saturated rings. The molecule has 5 heteroatoms. The van der Waals surface area contributed by atoms with Gasteiger partial charge in [0, 0.05) is 23.1 Å². The smallest absolute Gasteiger partial charge is 0.225 e. The van der Waals surface area contributed by atoms with Crippen LogP contribution in [-0.4, -0.2) is 11.7 Å². The van der Waals surface area contributed by atoms with Gasteiger partial charge in [-0.3, -0.25) is 4.79 Å². The van der Waals surface area contributed by atoms with E-state index >= 15 is 0 Å². The summed E-state index contributed by atoms with van der Waals surface area (Å²) in [6.07, 6.45) is 0.240. The first-order chi connectivity index (χ1) is 10.0. The standard InChI is InChI=1S/C16H15ClN2OS/c1-10(2)9-21-16-13(8-18)12(7-15(20)19-16)11-5-3-4-6-14(11)17/h3-6,12H,1,7,9H2,2H3,(H,19,20)/t12-/m0/s1. The molecule has 1 aliphatic heterocycles. The number of nitriles is 1. The summed E-state index contributed by atoms with van der Waals surface area (Å²) in [6, 6.07) is 9.57. The van der Waals surface area contributed by atoms with E-state index in [9.17, 15) is 10.1 Å². The van der Waals surface area contributed by atoms with Gasteiger partial charge < -0.3 is 5.32 Å². The molecule has 0 aromatic heterocycles. The van der Waals surface area contributed by atoms with Gasteiger partial charge in [-0.1, -0.05) is 42.0 Å². The molecule has 0 radical (unpaired) electrons. The minimum Gasteiger partial charge on any atom is -0.320 e. The SMILES string of the molecule is C=C(C)CSC1=C(C#N)[C@H](c2ccccc2Cl)CC(=O)N1. The minimum absolute atomic E-state index is 0.0943. The summed E-state index contributed by atoms with van der Waals surface area (Å²) in [7, 11) is 0. The van der Waals surface area contributed by atoms with Crippen LogP contribution in [0.5, 0.6) is 0 Å². The average molecular weight is 319 g/mol. The number of carbonyl (C=O) groups is 1. The molecular weight excluding hydrogens is 304 g/mol. The van der Waals surface area contributed by atoms with Crippen LogP contribution in [0.1, 0.15) is 24.8 Å². The Bertz CT molecular complexity index is 660. The van der Waals surface area contributed by atoms with Gasteiger partial charge in [-0.15, -0.1) is 11.8 Å². The third-order valence-corrected chi connectivity index (χ3v) is 4.69. The first-order valence-corrected chi connectivity index (χ1v) is 7.85. The number of allylic oxidation sites excluding steroid dienone is 1. The summed E-state index contributed by atoms with van der Waals surface area (Å²) >= 11 is 7.65. The van der Waals surface area contributed by atoms with Gasteiger partial charge in [0.1, 0.15) is 0 Å². The molecule has 0 aliphatic carbocycles. The van der Waals surface area contributed by atoms with Gasteiger partial charge in [0.2, 0.25) is 5.91 Å². The van der Waals surface area contributed by atoms with E-state index < -0.39 is 0 Å². The molecule has 1 aromatic rings. The van der Waals surface area contributed by atoms with Crippen molar-refractivity contribution < 1.29 is 4.79 Å². The number of rotatable bonds is 4. The van der Waals surface area contributed by atoms with Gasteiger partial charge in [-0.25, -0.2) is 0 Å². The second-order valence-electron chi connectivity index (χ2n) is 4.93. The van der Waals surface area contributed by atoms with Gasteiger partial charge in [-0.05, 0) is 18.6 Å². The van der Waals surface area contributed by atoms with E-state index in [-0.39, 0.29) is 18.2 Å². The van der Waals surface area contributed by atoms with Gasteiger partial charge in [0.05, 0.1) is 16.7 Å². The van der Waals surface area contributed by atoms with Crippen molar-refractivity contribution in [2.45, 2.75) is 19.3 Å². The summed E-state index contributed by atoms with van der Waals surface area (Å²) < 4.78 is 0. The van der Waals surface area contributed by atoms with Gasteiger partial charge in [0.15, 0.2) is 0 Å². The number of benzene rings is 1. The van der Waals surface area contributed by atoms with Gasteiger partial charge in [-0.2, -0.15) is 5.26 Å². The zero-order valence-corrected chi connectivity index (χ0v) is 13.2. The molecule has 0 saturated carbocycles. The van der Waals surface area contributed by atoms with E-state index in [4.69, 9.17) is 11.6 Å². The highest BCUT2D eigenvalue weighted by Gasteiger charge is 2.30. The fraction of sp³-hybridized carbons (Fsp3) is 0.250. The molecule has 21 heavy (non-hydrogen) atoms. The Morgan fingerprint density at radius 3 is 2.90 bits per heavy atom. The molecule has 1 heterocycles. The Balaban J connectivity index is 2.42. The lowest BCUT2D eigenvalue weighted by Crippen LogP contribution is -2.31. The number of hydrogen-bond acceptors (Lipinski definition) is 3. The van der Waals surface area contributed by atoms with Crippen LogP contribution in [0.25, 0.3) is 0 Å². The Labute approximate surface area is 133 Å². The molecule has 0 spiro atoms. The van der Waals surface area contributed by atoms with E-state index in [1.165, 1.54) is 11.8 Å². The number of hydrogen-bond donors (Lipinski definition) is 1. The molecule has 108 valence electrons. The average Bonchev–Trinajstić information content (AvgIpc) is 2.45. The fourth-order valence-corrected chi connectivity index (χ4v) is 3.34. The van der Waals surface area contributed by atoms with Gasteiger partial charge in [0.25, 0.3) is 0 Å². The lowest BCUT2D eigenvalue weighted by molar-refractivity contribution is -0.120. The van der Waals surface area contributed by atoms with E-state index in [1.54, 1.807) is 6.07 Å². The molecule has 0 saturated heterocycles. The predicted octanol–water partition coefficient (Wildman–Crippen LogP) is 3.99. The van der Waals surface area contributed by atoms with E-state index in [0.717, 1.165) is 11.1 Å². The number of nitrogens with zero attached hydrogens (tertiary/aromatic N) is 1. The van der Waals surface area contributed by atoms with Crippen LogP contribution in [0.4, 0.5) is 0 Å². The molecule has 1 N–H and O–H groups in total. The first-order valence-electron chi connectivity index (χ1n) is 6.48. The van der Waals surface area contributed by atoms with Gasteiger partial charge >= 0.3 is 0 Å². The molecule has 1 aliphatic rings. The Morgan fingerprint density at radius 1 is 1.57 bits per heavy atom. The van der Waals surface area contributed by atoms with E-state index in [2.05, 4.69) is 18.0 Å². The molecule has 3 nitrogen and oxygen atoms in total. The summed E-state index contributed by atoms with van der Waals surface area (Å²) in [5, 5.41) is 13.5. The number of carbonyl (C=O) groups excluding carboxylic acids is 1. The third kappa shape index (κ3) is 3.69. The Kier molecular flexibility index (Phi) is 5.11. The second-order valence-corrected chi connectivity index (χ2v) is 6.32. The molecule has 2 rings (SSSR count). The molecule has 1 aromatic carbocycles. The van der Waals surface area contributed by atoms with Crippen molar-refractivity contribution in [2.75, 3.05) is 5.75 Å². The maximum atomic E-state index is 11.9. The largest absolute Gasteiger partial charge is 0.320 e. The molecule has 1 atom stereocenters.